The zero-order valence-electron chi connectivity index (χ0n) is 11.7. The first-order valence-corrected chi connectivity index (χ1v) is 7.97. The number of carbonyl (C=O) groups excluding carboxylic acids is 1. The topological polar surface area (TPSA) is 77.6 Å². The van der Waals surface area contributed by atoms with Crippen molar-refractivity contribution in [3.63, 3.8) is 0 Å². The molecule has 0 atom stereocenters. The number of nitrogens with one attached hydrogen (secondary N) is 1. The maximum atomic E-state index is 12.2. The summed E-state index contributed by atoms with van der Waals surface area (Å²) in [6.07, 6.45) is 12.3. The lowest BCUT2D eigenvalue weighted by Gasteiger charge is -2.25. The Balaban J connectivity index is 1.46. The number of thiazole rings is 1. The average Bonchev–Trinajstić information content (AvgIpc) is 3.18. The molecule has 0 bridgehead atoms. The first-order chi connectivity index (χ1) is 10.8. The first kappa shape index (κ1) is 13.2. The van der Waals surface area contributed by atoms with E-state index in [1.165, 1.54) is 17.8 Å². The van der Waals surface area contributed by atoms with Crippen molar-refractivity contribution in [3.8, 4) is 5.13 Å². The van der Waals surface area contributed by atoms with E-state index in [1.807, 2.05) is 10.9 Å². The minimum atomic E-state index is -0.226. The Kier molecular flexibility index (Phi) is 3.23. The average molecular weight is 314 g/mol. The summed E-state index contributed by atoms with van der Waals surface area (Å²) in [5, 5.41) is 9.59. The van der Waals surface area contributed by atoms with Gasteiger partial charge < -0.3 is 5.32 Å². The van der Waals surface area contributed by atoms with Crippen molar-refractivity contribution in [1.82, 2.24) is 24.3 Å². The predicted octanol–water partition coefficient (Wildman–Crippen LogP) is 2.50. The van der Waals surface area contributed by atoms with E-state index in [4.69, 9.17) is 0 Å². The van der Waals surface area contributed by atoms with E-state index in [2.05, 4.69) is 20.4 Å². The maximum Gasteiger partial charge on any atom is 0.275 e. The molecule has 1 fully saturated rings. The maximum absolute atomic E-state index is 12.2. The molecule has 1 saturated carbocycles. The third-order valence-corrected chi connectivity index (χ3v) is 4.61. The van der Waals surface area contributed by atoms with Gasteiger partial charge in [0, 0.05) is 24.0 Å². The number of hydrogen-bond donors (Lipinski definition) is 1. The van der Waals surface area contributed by atoms with Crippen LogP contribution >= 0.6 is 11.3 Å². The number of aromatic nitrogens is 5. The van der Waals surface area contributed by atoms with Crippen molar-refractivity contribution >= 4 is 22.9 Å². The number of anilines is 1. The van der Waals surface area contributed by atoms with Crippen LogP contribution in [-0.2, 0) is 0 Å². The summed E-state index contributed by atoms with van der Waals surface area (Å²) in [7, 11) is 0. The highest BCUT2D eigenvalue weighted by atomic mass is 32.1. The minimum absolute atomic E-state index is 0.226. The van der Waals surface area contributed by atoms with Crippen molar-refractivity contribution in [3.05, 3.63) is 42.2 Å². The lowest BCUT2D eigenvalue weighted by molar-refractivity contribution is 0.102. The standard InChI is InChI=1S/C14H14N6OS/c21-13(12-8-22-14(18-12)19-5-4-15-9-19)17-10-6-16-20(7-10)11-2-1-3-11/h4-9,11H,1-3H2,(H,17,21). The fraction of sp³-hybridized carbons (Fsp3) is 0.286. The highest BCUT2D eigenvalue weighted by Gasteiger charge is 2.20. The summed E-state index contributed by atoms with van der Waals surface area (Å²) in [4.78, 5) is 20.5. The zero-order valence-corrected chi connectivity index (χ0v) is 12.5. The van der Waals surface area contributed by atoms with E-state index < -0.39 is 0 Å². The molecule has 0 spiro atoms. The molecule has 1 amide bonds. The monoisotopic (exact) mass is 314 g/mol. The van der Waals surface area contributed by atoms with Gasteiger partial charge in [-0.3, -0.25) is 14.0 Å². The number of nitrogens with zero attached hydrogens (tertiary/aromatic N) is 5. The Morgan fingerprint density at radius 3 is 3.05 bits per heavy atom. The molecule has 3 heterocycles. The summed E-state index contributed by atoms with van der Waals surface area (Å²) in [6.45, 7) is 0. The summed E-state index contributed by atoms with van der Waals surface area (Å²) >= 11 is 1.40. The summed E-state index contributed by atoms with van der Waals surface area (Å²) in [5.41, 5.74) is 1.10. The van der Waals surface area contributed by atoms with Gasteiger partial charge in [-0.15, -0.1) is 11.3 Å². The number of carbonyl (C=O) groups is 1. The van der Waals surface area contributed by atoms with Crippen LogP contribution in [0, 0.1) is 0 Å². The van der Waals surface area contributed by atoms with E-state index in [9.17, 15) is 4.79 Å². The highest BCUT2D eigenvalue weighted by molar-refractivity contribution is 7.12. The van der Waals surface area contributed by atoms with Gasteiger partial charge >= 0.3 is 0 Å². The van der Waals surface area contributed by atoms with E-state index in [0.717, 1.165) is 12.8 Å². The second-order valence-electron chi connectivity index (χ2n) is 5.23. The minimum Gasteiger partial charge on any atom is -0.318 e. The van der Waals surface area contributed by atoms with Crippen LogP contribution in [0.5, 0.6) is 0 Å². The second kappa shape index (κ2) is 5.38. The fourth-order valence-corrected chi connectivity index (χ4v) is 3.07. The number of rotatable bonds is 4. The molecule has 4 rings (SSSR count). The van der Waals surface area contributed by atoms with Crippen molar-refractivity contribution < 1.29 is 4.79 Å². The highest BCUT2D eigenvalue weighted by Crippen LogP contribution is 2.31. The lowest BCUT2D eigenvalue weighted by Crippen LogP contribution is -2.17. The molecule has 0 radical (unpaired) electrons. The molecule has 3 aromatic rings. The molecular formula is C14H14N6OS. The van der Waals surface area contributed by atoms with E-state index in [-0.39, 0.29) is 5.91 Å². The van der Waals surface area contributed by atoms with E-state index in [1.54, 1.807) is 34.9 Å². The third kappa shape index (κ3) is 2.41. The van der Waals surface area contributed by atoms with Gasteiger partial charge in [0.2, 0.25) is 0 Å². The van der Waals surface area contributed by atoms with Gasteiger partial charge in [-0.2, -0.15) is 5.10 Å². The molecule has 7 nitrogen and oxygen atoms in total. The van der Waals surface area contributed by atoms with Crippen LogP contribution in [0.1, 0.15) is 35.8 Å². The molecule has 3 aromatic heterocycles. The molecule has 1 N–H and O–H groups in total. The third-order valence-electron chi connectivity index (χ3n) is 3.76. The molecule has 0 saturated heterocycles. The Hall–Kier alpha value is -2.48. The first-order valence-electron chi connectivity index (χ1n) is 7.09. The Labute approximate surface area is 130 Å². The molecular weight excluding hydrogens is 300 g/mol. The Morgan fingerprint density at radius 2 is 2.32 bits per heavy atom. The zero-order chi connectivity index (χ0) is 14.9. The number of imidazole rings is 1. The van der Waals surface area contributed by atoms with Gasteiger partial charge in [-0.25, -0.2) is 9.97 Å². The van der Waals surface area contributed by atoms with Crippen LogP contribution in [0.4, 0.5) is 5.69 Å². The molecule has 22 heavy (non-hydrogen) atoms. The Bertz CT molecular complexity index is 786. The molecule has 112 valence electrons. The predicted molar refractivity (Wildman–Crippen MR) is 82.3 cm³/mol. The molecule has 8 heteroatoms. The van der Waals surface area contributed by atoms with Crippen molar-refractivity contribution in [1.29, 1.82) is 0 Å². The summed E-state index contributed by atoms with van der Waals surface area (Å²) < 4.78 is 3.70. The normalized spacial score (nSPS) is 14.7. The van der Waals surface area contributed by atoms with E-state index >= 15 is 0 Å². The van der Waals surface area contributed by atoms with Crippen LogP contribution in [0.25, 0.3) is 5.13 Å². The molecule has 1 aliphatic rings. The van der Waals surface area contributed by atoms with Crippen LogP contribution in [0.3, 0.4) is 0 Å². The molecule has 0 aromatic carbocycles. The van der Waals surface area contributed by atoms with Crippen molar-refractivity contribution in [2.24, 2.45) is 0 Å². The van der Waals surface area contributed by atoms with Gasteiger partial charge in [0.15, 0.2) is 5.13 Å². The van der Waals surface area contributed by atoms with Crippen LogP contribution in [0.2, 0.25) is 0 Å². The fourth-order valence-electron chi connectivity index (χ4n) is 2.31. The second-order valence-corrected chi connectivity index (χ2v) is 6.07. The SMILES string of the molecule is O=C(Nc1cnn(C2CCC2)c1)c1csc(-n2ccnc2)n1. The van der Waals surface area contributed by atoms with Gasteiger partial charge in [0.25, 0.3) is 5.91 Å². The van der Waals surface area contributed by atoms with Gasteiger partial charge in [0.05, 0.1) is 17.9 Å². The van der Waals surface area contributed by atoms with Gasteiger partial charge in [-0.1, -0.05) is 0 Å². The molecule has 0 unspecified atom stereocenters. The Morgan fingerprint density at radius 1 is 1.41 bits per heavy atom. The quantitative estimate of drug-likeness (QED) is 0.802. The molecule has 0 aliphatic heterocycles. The van der Waals surface area contributed by atoms with Crippen molar-refractivity contribution in [2.75, 3.05) is 5.32 Å². The number of amides is 1. The van der Waals surface area contributed by atoms with Crippen LogP contribution in [0.15, 0.2) is 36.5 Å². The lowest BCUT2D eigenvalue weighted by atomic mass is 9.93. The summed E-state index contributed by atoms with van der Waals surface area (Å²) in [6, 6.07) is 0.484. The summed E-state index contributed by atoms with van der Waals surface area (Å²) in [5.74, 6) is -0.226. The van der Waals surface area contributed by atoms with Crippen LogP contribution < -0.4 is 5.32 Å². The van der Waals surface area contributed by atoms with E-state index in [0.29, 0.717) is 22.6 Å². The smallest absolute Gasteiger partial charge is 0.275 e. The van der Waals surface area contributed by atoms with Gasteiger partial charge in [0.1, 0.15) is 12.0 Å². The van der Waals surface area contributed by atoms with Crippen LogP contribution in [-0.4, -0.2) is 30.2 Å². The largest absolute Gasteiger partial charge is 0.318 e. The van der Waals surface area contributed by atoms with Gasteiger partial charge in [-0.05, 0) is 19.3 Å². The number of hydrogen-bond acceptors (Lipinski definition) is 5. The molecule has 1 aliphatic carbocycles. The van der Waals surface area contributed by atoms with Crippen molar-refractivity contribution in [2.45, 2.75) is 25.3 Å².